The van der Waals surface area contributed by atoms with Crippen LogP contribution in [0.25, 0.3) is 0 Å². The zero-order chi connectivity index (χ0) is 14.3. The van der Waals surface area contributed by atoms with Crippen molar-refractivity contribution in [3.8, 4) is 0 Å². The fourth-order valence-corrected chi connectivity index (χ4v) is 1.52. The van der Waals surface area contributed by atoms with Crippen LogP contribution in [0.5, 0.6) is 0 Å². The van der Waals surface area contributed by atoms with E-state index in [1.54, 1.807) is 25.2 Å². The van der Waals surface area contributed by atoms with Gasteiger partial charge in [0.2, 0.25) is 0 Å². The van der Waals surface area contributed by atoms with Crippen molar-refractivity contribution in [2.24, 2.45) is 0 Å². The molecule has 1 aromatic carbocycles. The summed E-state index contributed by atoms with van der Waals surface area (Å²) in [4.78, 5) is 23.3. The standard InChI is InChI=1S/C13H17FN2O3/c1-16(9-10-5-2-3-6-11(10)14)13(19)15-8-4-7-12(17)18/h2-3,5-6H,4,7-9H2,1H3,(H,15,19)(H,17,18). The molecule has 19 heavy (non-hydrogen) atoms. The molecule has 0 aliphatic carbocycles. The van der Waals surface area contributed by atoms with Gasteiger partial charge in [-0.1, -0.05) is 18.2 Å². The summed E-state index contributed by atoms with van der Waals surface area (Å²) in [5.41, 5.74) is 0.436. The van der Waals surface area contributed by atoms with Gasteiger partial charge in [0.05, 0.1) is 0 Å². The number of nitrogens with zero attached hydrogens (tertiary/aromatic N) is 1. The van der Waals surface area contributed by atoms with Gasteiger partial charge in [0.15, 0.2) is 0 Å². The van der Waals surface area contributed by atoms with Crippen LogP contribution in [0.2, 0.25) is 0 Å². The molecule has 0 unspecified atom stereocenters. The van der Waals surface area contributed by atoms with Gasteiger partial charge in [-0.05, 0) is 12.5 Å². The maximum absolute atomic E-state index is 13.4. The largest absolute Gasteiger partial charge is 0.481 e. The Hall–Kier alpha value is -2.11. The second-order valence-corrected chi connectivity index (χ2v) is 4.18. The summed E-state index contributed by atoms with van der Waals surface area (Å²) in [5.74, 6) is -1.25. The molecule has 0 saturated heterocycles. The number of amides is 2. The van der Waals surface area contributed by atoms with E-state index < -0.39 is 5.97 Å². The molecule has 2 amide bonds. The molecule has 2 N–H and O–H groups in total. The van der Waals surface area contributed by atoms with E-state index in [2.05, 4.69) is 5.32 Å². The third-order valence-corrected chi connectivity index (χ3v) is 2.56. The van der Waals surface area contributed by atoms with Crippen LogP contribution in [-0.4, -0.2) is 35.6 Å². The van der Waals surface area contributed by atoms with Gasteiger partial charge in [0.25, 0.3) is 0 Å². The van der Waals surface area contributed by atoms with Gasteiger partial charge in [-0.2, -0.15) is 0 Å². The van der Waals surface area contributed by atoms with Gasteiger partial charge in [-0.15, -0.1) is 0 Å². The maximum atomic E-state index is 13.4. The van der Waals surface area contributed by atoms with Gasteiger partial charge in [0, 0.05) is 32.1 Å². The van der Waals surface area contributed by atoms with Crippen molar-refractivity contribution >= 4 is 12.0 Å². The smallest absolute Gasteiger partial charge is 0.317 e. The van der Waals surface area contributed by atoms with Crippen molar-refractivity contribution in [2.45, 2.75) is 19.4 Å². The Morgan fingerprint density at radius 2 is 2.05 bits per heavy atom. The van der Waals surface area contributed by atoms with E-state index >= 15 is 0 Å². The van der Waals surface area contributed by atoms with Crippen LogP contribution in [0.3, 0.4) is 0 Å². The number of hydrogen-bond acceptors (Lipinski definition) is 2. The second kappa shape index (κ2) is 7.35. The number of carboxylic acid groups (broad SMARTS) is 1. The average molecular weight is 268 g/mol. The van der Waals surface area contributed by atoms with Crippen molar-refractivity contribution in [3.63, 3.8) is 0 Å². The first kappa shape index (κ1) is 14.9. The Kier molecular flexibility index (Phi) is 5.78. The van der Waals surface area contributed by atoms with E-state index in [-0.39, 0.29) is 31.4 Å². The minimum absolute atomic E-state index is 0.0112. The highest BCUT2D eigenvalue weighted by atomic mass is 19.1. The summed E-state index contributed by atoms with van der Waals surface area (Å²) >= 11 is 0. The molecule has 0 heterocycles. The van der Waals surface area contributed by atoms with Gasteiger partial charge < -0.3 is 15.3 Å². The lowest BCUT2D eigenvalue weighted by Crippen LogP contribution is -2.37. The third kappa shape index (κ3) is 5.37. The van der Waals surface area contributed by atoms with Gasteiger partial charge in [-0.25, -0.2) is 9.18 Å². The number of benzene rings is 1. The average Bonchev–Trinajstić information content (AvgIpc) is 2.36. The van der Waals surface area contributed by atoms with Crippen molar-refractivity contribution in [3.05, 3.63) is 35.6 Å². The Morgan fingerprint density at radius 1 is 1.37 bits per heavy atom. The Labute approximate surface area is 111 Å². The molecule has 0 saturated carbocycles. The molecule has 0 fully saturated rings. The first-order chi connectivity index (χ1) is 9.00. The quantitative estimate of drug-likeness (QED) is 0.773. The Morgan fingerprint density at radius 3 is 2.68 bits per heavy atom. The van der Waals surface area contributed by atoms with E-state index in [4.69, 9.17) is 5.11 Å². The molecule has 0 spiro atoms. The predicted molar refractivity (Wildman–Crippen MR) is 68.1 cm³/mol. The van der Waals surface area contributed by atoms with Crippen LogP contribution < -0.4 is 5.32 Å². The lowest BCUT2D eigenvalue weighted by molar-refractivity contribution is -0.137. The van der Waals surface area contributed by atoms with Crippen LogP contribution in [0, 0.1) is 5.82 Å². The second-order valence-electron chi connectivity index (χ2n) is 4.18. The van der Waals surface area contributed by atoms with Crippen LogP contribution in [-0.2, 0) is 11.3 Å². The highest BCUT2D eigenvalue weighted by Crippen LogP contribution is 2.08. The van der Waals surface area contributed by atoms with E-state index in [1.165, 1.54) is 11.0 Å². The molecule has 1 aromatic rings. The van der Waals surface area contributed by atoms with E-state index in [0.29, 0.717) is 12.0 Å². The Bertz CT molecular complexity index is 451. The number of hydrogen-bond donors (Lipinski definition) is 2. The molecule has 0 aliphatic heterocycles. The summed E-state index contributed by atoms with van der Waals surface area (Å²) in [7, 11) is 1.55. The summed E-state index contributed by atoms with van der Waals surface area (Å²) in [5, 5.41) is 11.0. The molecule has 1 rings (SSSR count). The molecule has 0 aromatic heterocycles. The first-order valence-electron chi connectivity index (χ1n) is 5.95. The summed E-state index contributed by atoms with van der Waals surface area (Å²) < 4.78 is 13.4. The number of carboxylic acids is 1. The topological polar surface area (TPSA) is 69.6 Å². The molecular formula is C13H17FN2O3. The lowest BCUT2D eigenvalue weighted by Gasteiger charge is -2.18. The van der Waals surface area contributed by atoms with Gasteiger partial charge in [-0.3, -0.25) is 4.79 Å². The Balaban J connectivity index is 2.37. The third-order valence-electron chi connectivity index (χ3n) is 2.56. The molecular weight excluding hydrogens is 251 g/mol. The molecule has 0 atom stereocenters. The van der Waals surface area contributed by atoms with Gasteiger partial charge in [0.1, 0.15) is 5.82 Å². The van der Waals surface area contributed by atoms with Crippen LogP contribution in [0.1, 0.15) is 18.4 Å². The van der Waals surface area contributed by atoms with E-state index in [9.17, 15) is 14.0 Å². The monoisotopic (exact) mass is 268 g/mol. The fourth-order valence-electron chi connectivity index (χ4n) is 1.52. The molecule has 0 radical (unpaired) electrons. The van der Waals surface area contributed by atoms with Crippen molar-refractivity contribution < 1.29 is 19.1 Å². The fraction of sp³-hybridized carbons (Fsp3) is 0.385. The predicted octanol–water partition coefficient (Wildman–Crippen LogP) is 1.83. The summed E-state index contributed by atoms with van der Waals surface area (Å²) in [6.07, 6.45) is 0.381. The highest BCUT2D eigenvalue weighted by molar-refractivity contribution is 5.74. The zero-order valence-corrected chi connectivity index (χ0v) is 10.7. The summed E-state index contributed by atoms with van der Waals surface area (Å²) in [6.45, 7) is 0.449. The number of urea groups is 1. The molecule has 104 valence electrons. The first-order valence-corrected chi connectivity index (χ1v) is 5.95. The van der Waals surface area contributed by atoms with Crippen LogP contribution >= 0.6 is 0 Å². The maximum Gasteiger partial charge on any atom is 0.317 e. The van der Waals surface area contributed by atoms with Crippen LogP contribution in [0.15, 0.2) is 24.3 Å². The number of rotatable bonds is 6. The van der Waals surface area contributed by atoms with E-state index in [0.717, 1.165) is 0 Å². The summed E-state index contributed by atoms with van der Waals surface area (Å²) in [6, 6.07) is 5.90. The molecule has 6 heteroatoms. The van der Waals surface area contributed by atoms with Crippen molar-refractivity contribution in [1.82, 2.24) is 10.2 Å². The lowest BCUT2D eigenvalue weighted by atomic mass is 10.2. The molecule has 5 nitrogen and oxygen atoms in total. The van der Waals surface area contributed by atoms with E-state index in [1.807, 2.05) is 0 Å². The number of carbonyl (C=O) groups is 2. The van der Waals surface area contributed by atoms with Crippen molar-refractivity contribution in [1.29, 1.82) is 0 Å². The minimum atomic E-state index is -0.894. The number of nitrogens with one attached hydrogen (secondary N) is 1. The SMILES string of the molecule is CN(Cc1ccccc1F)C(=O)NCCCC(=O)O. The normalized spacial score (nSPS) is 10.0. The number of halogens is 1. The van der Waals surface area contributed by atoms with Crippen molar-refractivity contribution in [2.75, 3.05) is 13.6 Å². The van der Waals surface area contributed by atoms with Crippen LogP contribution in [0.4, 0.5) is 9.18 Å². The molecule has 0 bridgehead atoms. The minimum Gasteiger partial charge on any atom is -0.481 e. The highest BCUT2D eigenvalue weighted by Gasteiger charge is 2.10. The molecule has 0 aliphatic rings. The number of aliphatic carboxylic acids is 1. The zero-order valence-electron chi connectivity index (χ0n) is 10.7. The van der Waals surface area contributed by atoms with Gasteiger partial charge >= 0.3 is 12.0 Å². The number of carbonyl (C=O) groups excluding carboxylic acids is 1.